The third-order valence-electron chi connectivity index (χ3n) is 21.2. The van der Waals surface area contributed by atoms with Crippen LogP contribution in [0.5, 0.6) is 0 Å². The first-order chi connectivity index (χ1) is 68.0. The predicted octanol–water partition coefficient (Wildman–Crippen LogP) is 24.0. The maximum Gasteiger partial charge on any atom is 0.435 e. The molecule has 758 valence electrons. The van der Waals surface area contributed by atoms with Gasteiger partial charge in [0.15, 0.2) is 34.2 Å². The quantitative estimate of drug-likeness (QED) is 0.0534. The standard InChI is InChI=1S/C17H15F4N3.C16H12F7N3.C16H13F4N5.C16H16F4N4.C16H11F4N3O.C14H11F4N3/c1-3-7-24(8-4-2)15-6-5-14(23-16(15)17(19,20)21)12-9-13(18)11-22-10-12;17-10-6-9(7-24-8-10)11-3-4-12(14(25-11)16(21,22)23)26-5-1-2-13(26)15(18,19)20;1-25-5-4-12(24-25)9-22-14-3-2-13(23-15(14)16(18,19)20)10-6-11(17)8-21-7-10;1-23-4-6-24(7-5-23)14-3-2-13(22-15(14)16(18,19)20)11-8-12(17)10-21-9-11;17-11-6-10(7-21-8-11)13-3-4-14(15(23-13)16(18,19)20)22-9-12-2-1-5-24-12;15-10-6-9(7-19-8-10)11-2-3-12(21-4-1-5-21)13(20-11)14(16,17)18/h3-6,9-11H,1-2,7-8H2;3-4,6-8,13H,1-2,5H2;2-8,22H,9H2,1H3;2-3,8-10H,4-7H2,1H3;1-8,22H,9H2;2-3,6-8H,1,4-5H2. The topological polar surface area (TPSA) is 226 Å². The summed E-state index contributed by atoms with van der Waals surface area (Å²) in [5.41, 5.74) is -6.12. The number of nitrogens with one attached hydrogen (secondary N) is 2. The zero-order valence-corrected chi connectivity index (χ0v) is 74.9. The number of hydrogen-bond donors (Lipinski definition) is 2. The van der Waals surface area contributed by atoms with E-state index in [1.54, 1.807) is 45.9 Å². The zero-order valence-electron chi connectivity index (χ0n) is 74.9. The number of hydrogen-bond acceptors (Lipinski definition) is 21. The number of alkyl halides is 21. The van der Waals surface area contributed by atoms with E-state index in [9.17, 15) is 119 Å². The number of pyridine rings is 12. The smallest absolute Gasteiger partial charge is 0.435 e. The van der Waals surface area contributed by atoms with Crippen LogP contribution in [0.4, 0.5) is 153 Å². The van der Waals surface area contributed by atoms with Crippen LogP contribution in [0.25, 0.3) is 67.5 Å². The Morgan fingerprint density at radius 1 is 0.368 bits per heavy atom. The fraction of sp³-hybridized carbons (Fsp3) is 0.253. The van der Waals surface area contributed by atoms with Gasteiger partial charge in [0.2, 0.25) is 0 Å². The molecule has 2 N–H and O–H groups in total. The van der Waals surface area contributed by atoms with Crippen LogP contribution in [0.3, 0.4) is 0 Å². The molecule has 0 aliphatic carbocycles. The fourth-order valence-corrected chi connectivity index (χ4v) is 14.5. The number of anilines is 6. The number of furan rings is 1. The van der Waals surface area contributed by atoms with Gasteiger partial charge < -0.3 is 39.6 Å². The highest BCUT2D eigenvalue weighted by Gasteiger charge is 2.50. The molecule has 49 heteroatoms. The molecule has 3 fully saturated rings. The van der Waals surface area contributed by atoms with Crippen LogP contribution in [-0.2, 0) is 57.2 Å². The number of rotatable bonds is 20. The lowest BCUT2D eigenvalue weighted by Gasteiger charge is -2.35. The summed E-state index contributed by atoms with van der Waals surface area (Å²) >= 11 is 0. The number of likely N-dealkylation sites (N-methyl/N-ethyl adjacent to an activating group) is 1. The first-order valence-electron chi connectivity index (χ1n) is 42.6. The normalized spacial score (nSPS) is 14.0. The molecule has 14 aromatic rings. The lowest BCUT2D eigenvalue weighted by Crippen LogP contribution is -2.45. The molecule has 1 unspecified atom stereocenters. The minimum absolute atomic E-state index is 0.00385. The molecule has 0 bridgehead atoms. The highest BCUT2D eigenvalue weighted by atomic mass is 19.4. The predicted molar refractivity (Wildman–Crippen MR) is 477 cm³/mol. The van der Waals surface area contributed by atoms with E-state index < -0.39 is 124 Å². The maximum atomic E-state index is 13.5. The molecule has 3 saturated heterocycles. The lowest BCUT2D eigenvalue weighted by atomic mass is 10.1. The van der Waals surface area contributed by atoms with Gasteiger partial charge in [-0.1, -0.05) is 12.2 Å². The molecule has 1 atom stereocenters. The van der Waals surface area contributed by atoms with Crippen molar-refractivity contribution >= 4 is 34.1 Å². The highest BCUT2D eigenvalue weighted by Crippen LogP contribution is 2.46. The third kappa shape index (κ3) is 29.0. The molecule has 14 aromatic heterocycles. The van der Waals surface area contributed by atoms with E-state index in [0.717, 1.165) is 98.3 Å². The summed E-state index contributed by atoms with van der Waals surface area (Å²) < 4.78 is 366. The molecule has 17 heterocycles. The lowest BCUT2D eigenvalue weighted by molar-refractivity contribution is -0.148. The molecular weight excluding hydrogens is 1960 g/mol. The molecule has 3 aliphatic heterocycles. The molecule has 0 spiro atoms. The second-order valence-electron chi connectivity index (χ2n) is 31.6. The number of aromatic nitrogens is 14. The van der Waals surface area contributed by atoms with Crippen LogP contribution in [0.2, 0.25) is 0 Å². The minimum Gasteiger partial charge on any atom is -0.467 e. The third-order valence-corrected chi connectivity index (χ3v) is 21.2. The Morgan fingerprint density at radius 2 is 0.701 bits per heavy atom. The monoisotopic (exact) mass is 2040 g/mol. The van der Waals surface area contributed by atoms with Crippen LogP contribution in [0, 0.1) is 34.9 Å². The van der Waals surface area contributed by atoms with Crippen molar-refractivity contribution in [2.45, 2.75) is 81.6 Å². The molecular formula is C95H78F27N21O. The van der Waals surface area contributed by atoms with E-state index in [1.165, 1.54) is 115 Å². The van der Waals surface area contributed by atoms with Gasteiger partial charge in [-0.2, -0.15) is 97.3 Å². The summed E-state index contributed by atoms with van der Waals surface area (Å²) in [4.78, 5) is 51.1. The van der Waals surface area contributed by atoms with Gasteiger partial charge in [0.1, 0.15) is 46.7 Å². The van der Waals surface area contributed by atoms with Gasteiger partial charge in [0, 0.05) is 143 Å². The minimum atomic E-state index is -4.97. The first-order valence-corrected chi connectivity index (χ1v) is 42.6. The van der Waals surface area contributed by atoms with Crippen LogP contribution in [0.1, 0.15) is 64.9 Å². The van der Waals surface area contributed by atoms with Gasteiger partial charge in [-0.25, -0.2) is 56.2 Å². The largest absolute Gasteiger partial charge is 0.467 e. The average Bonchev–Trinajstić information content (AvgIpc) is 1.64. The summed E-state index contributed by atoms with van der Waals surface area (Å²) in [6.45, 7) is 11.1. The molecule has 0 saturated carbocycles. The van der Waals surface area contributed by atoms with Crippen molar-refractivity contribution in [2.75, 3.05) is 96.2 Å². The van der Waals surface area contributed by atoms with Crippen molar-refractivity contribution in [1.29, 1.82) is 0 Å². The van der Waals surface area contributed by atoms with E-state index in [4.69, 9.17) is 4.42 Å². The van der Waals surface area contributed by atoms with Gasteiger partial charge in [0.05, 0.1) is 131 Å². The van der Waals surface area contributed by atoms with E-state index in [2.05, 4.69) is 93.6 Å². The Balaban J connectivity index is 0.000000154. The molecule has 0 aromatic carbocycles. The average molecular weight is 2040 g/mol. The van der Waals surface area contributed by atoms with Gasteiger partial charge in [-0.3, -0.25) is 34.6 Å². The molecule has 0 amide bonds. The van der Waals surface area contributed by atoms with Crippen molar-refractivity contribution in [2.24, 2.45) is 7.05 Å². The van der Waals surface area contributed by atoms with E-state index in [0.29, 0.717) is 55.6 Å². The van der Waals surface area contributed by atoms with Crippen molar-refractivity contribution in [3.63, 3.8) is 0 Å². The Labute approximate surface area is 800 Å². The van der Waals surface area contributed by atoms with Crippen LogP contribution < -0.4 is 30.2 Å². The van der Waals surface area contributed by atoms with Crippen molar-refractivity contribution < 1.29 is 123 Å². The van der Waals surface area contributed by atoms with Gasteiger partial charge in [-0.15, -0.1) is 13.2 Å². The molecule has 22 nitrogen and oxygen atoms in total. The fourth-order valence-electron chi connectivity index (χ4n) is 14.5. The van der Waals surface area contributed by atoms with Crippen LogP contribution >= 0.6 is 0 Å². The highest BCUT2D eigenvalue weighted by molar-refractivity contribution is 5.70. The van der Waals surface area contributed by atoms with Gasteiger partial charge in [0.25, 0.3) is 0 Å². The first kappa shape index (κ1) is 107. The second kappa shape index (κ2) is 46.1. The van der Waals surface area contributed by atoms with Crippen LogP contribution in [0.15, 0.2) is 244 Å². The number of piperazine rings is 1. The molecule has 144 heavy (non-hydrogen) atoms. The summed E-state index contributed by atoms with van der Waals surface area (Å²) in [5, 5.41) is 9.43. The Morgan fingerprint density at radius 3 is 1.02 bits per heavy atom. The van der Waals surface area contributed by atoms with Crippen LogP contribution in [-0.4, -0.2) is 153 Å². The zero-order chi connectivity index (χ0) is 104. The maximum absolute atomic E-state index is 13.5. The summed E-state index contributed by atoms with van der Waals surface area (Å²) in [6.07, 6.45) is -12.7. The van der Waals surface area contributed by atoms with Crippen molar-refractivity contribution in [3.8, 4) is 67.5 Å². The van der Waals surface area contributed by atoms with Gasteiger partial charge in [-0.05, 0) is 154 Å². The SMILES string of the molecule is C=CCN(CC=C)c1ccc(-c2cncc(F)c2)nc1C(F)(F)F.CN1CCN(c2ccc(-c3cncc(F)c3)nc2C(F)(F)F)CC1.Cn1ccc(CNc2ccc(-c3cncc(F)c3)nc2C(F)(F)F)n1.Fc1cncc(-c2ccc(N3CCC3)c(C(F)(F)F)n2)c1.Fc1cncc(-c2ccc(N3CCCC3C(F)(F)F)c(C(F)(F)F)n2)c1.Fc1cncc(-c2ccc(NCc3ccco3)c(C(F)(F)F)n2)c1. The van der Waals surface area contributed by atoms with Crippen molar-refractivity contribution in [1.82, 2.24) is 74.5 Å². The molecule has 3 aliphatic rings. The molecule has 0 radical (unpaired) electrons. The van der Waals surface area contributed by atoms with E-state index in [-0.39, 0.29) is 142 Å². The summed E-state index contributed by atoms with van der Waals surface area (Å²) in [5.74, 6) is -3.46. The Kier molecular flexibility index (Phi) is 34.4. The molecule has 17 rings (SSSR count). The second-order valence-corrected chi connectivity index (χ2v) is 31.6. The number of nitrogens with zero attached hydrogens (tertiary/aromatic N) is 19. The van der Waals surface area contributed by atoms with E-state index >= 15 is 0 Å². The number of halogens is 27. The van der Waals surface area contributed by atoms with E-state index in [1.807, 2.05) is 7.05 Å². The Bertz CT molecular complexity index is 6690. The summed E-state index contributed by atoms with van der Waals surface area (Å²) in [6, 6.07) is 25.2. The van der Waals surface area contributed by atoms with Crippen molar-refractivity contribution in [3.05, 3.63) is 320 Å². The van der Waals surface area contributed by atoms with Gasteiger partial charge >= 0.3 is 43.2 Å². The number of aryl methyl sites for hydroxylation is 1. The Hall–Kier alpha value is -15.4. The summed E-state index contributed by atoms with van der Waals surface area (Å²) in [7, 11) is 3.65.